The Labute approximate surface area is 124 Å². The van der Waals surface area contributed by atoms with Crippen molar-refractivity contribution in [1.29, 1.82) is 0 Å². The van der Waals surface area contributed by atoms with Gasteiger partial charge in [0.1, 0.15) is 0 Å². The standard InChI is InChI=1S/C16H21NO4/c1-19-15(18)13-5-2-3-6-14(13)17-9-7-16(8-10-17)20-11-4-12-21-16/h2-3,5-6H,4,7-12H2,1H3. The van der Waals surface area contributed by atoms with E-state index in [4.69, 9.17) is 14.2 Å². The lowest BCUT2D eigenvalue weighted by molar-refractivity contribution is -0.275. The normalized spacial score (nSPS) is 21.3. The molecule has 0 aromatic heterocycles. The zero-order valence-electron chi connectivity index (χ0n) is 12.3. The molecule has 0 radical (unpaired) electrons. The Balaban J connectivity index is 1.73. The highest BCUT2D eigenvalue weighted by Gasteiger charge is 2.38. The molecule has 5 nitrogen and oxygen atoms in total. The van der Waals surface area contributed by atoms with Gasteiger partial charge in [-0.2, -0.15) is 0 Å². The van der Waals surface area contributed by atoms with Crippen LogP contribution in [-0.2, 0) is 14.2 Å². The van der Waals surface area contributed by atoms with Crippen molar-refractivity contribution < 1.29 is 19.0 Å². The summed E-state index contributed by atoms with van der Waals surface area (Å²) < 4.78 is 16.6. The number of carbonyl (C=O) groups is 1. The Bertz CT molecular complexity index is 501. The fourth-order valence-electron chi connectivity index (χ4n) is 3.03. The van der Waals surface area contributed by atoms with Crippen LogP contribution in [0.15, 0.2) is 24.3 Å². The molecule has 1 aromatic carbocycles. The van der Waals surface area contributed by atoms with E-state index < -0.39 is 5.79 Å². The summed E-state index contributed by atoms with van der Waals surface area (Å²) in [6, 6.07) is 7.57. The van der Waals surface area contributed by atoms with Crippen LogP contribution in [-0.4, -0.2) is 45.2 Å². The van der Waals surface area contributed by atoms with Crippen molar-refractivity contribution in [2.24, 2.45) is 0 Å². The second kappa shape index (κ2) is 6.03. The van der Waals surface area contributed by atoms with Gasteiger partial charge in [0, 0.05) is 25.9 Å². The van der Waals surface area contributed by atoms with Crippen LogP contribution in [0, 0.1) is 0 Å². The van der Waals surface area contributed by atoms with Crippen LogP contribution >= 0.6 is 0 Å². The number of rotatable bonds is 2. The molecule has 2 fully saturated rings. The average Bonchev–Trinajstić information content (AvgIpc) is 2.56. The Hall–Kier alpha value is -1.59. The molecule has 1 spiro atoms. The van der Waals surface area contributed by atoms with E-state index in [1.807, 2.05) is 18.2 Å². The number of esters is 1. The zero-order chi connectivity index (χ0) is 14.7. The number of nitrogens with zero attached hydrogens (tertiary/aromatic N) is 1. The first kappa shape index (κ1) is 14.4. The Morgan fingerprint density at radius 1 is 1.19 bits per heavy atom. The first-order chi connectivity index (χ1) is 10.2. The second-order valence-electron chi connectivity index (χ2n) is 5.46. The van der Waals surface area contributed by atoms with Gasteiger partial charge < -0.3 is 19.1 Å². The molecule has 0 unspecified atom stereocenters. The lowest BCUT2D eigenvalue weighted by Crippen LogP contribution is -2.50. The minimum absolute atomic E-state index is 0.295. The monoisotopic (exact) mass is 291 g/mol. The largest absolute Gasteiger partial charge is 0.465 e. The molecule has 114 valence electrons. The smallest absolute Gasteiger partial charge is 0.339 e. The predicted octanol–water partition coefficient (Wildman–Crippen LogP) is 2.21. The van der Waals surface area contributed by atoms with Crippen molar-refractivity contribution in [3.8, 4) is 0 Å². The van der Waals surface area contributed by atoms with Gasteiger partial charge in [-0.3, -0.25) is 0 Å². The van der Waals surface area contributed by atoms with Crippen molar-refractivity contribution in [3.05, 3.63) is 29.8 Å². The van der Waals surface area contributed by atoms with Gasteiger partial charge in [-0.05, 0) is 18.6 Å². The lowest BCUT2D eigenvalue weighted by Gasteiger charge is -2.44. The van der Waals surface area contributed by atoms with Crippen molar-refractivity contribution in [2.45, 2.75) is 25.0 Å². The van der Waals surface area contributed by atoms with Crippen molar-refractivity contribution >= 4 is 11.7 Å². The van der Waals surface area contributed by atoms with E-state index in [1.165, 1.54) is 7.11 Å². The minimum Gasteiger partial charge on any atom is -0.465 e. The van der Waals surface area contributed by atoms with Gasteiger partial charge in [0.05, 0.1) is 31.6 Å². The first-order valence-electron chi connectivity index (χ1n) is 7.44. The molecule has 2 saturated heterocycles. The molecule has 0 amide bonds. The zero-order valence-corrected chi connectivity index (χ0v) is 12.3. The summed E-state index contributed by atoms with van der Waals surface area (Å²) in [5.41, 5.74) is 1.54. The summed E-state index contributed by atoms with van der Waals surface area (Å²) in [5, 5.41) is 0. The van der Waals surface area contributed by atoms with E-state index in [2.05, 4.69) is 4.90 Å². The number of hydrogen-bond donors (Lipinski definition) is 0. The van der Waals surface area contributed by atoms with Crippen molar-refractivity contribution in [2.75, 3.05) is 38.3 Å². The maximum atomic E-state index is 11.9. The summed E-state index contributed by atoms with van der Waals surface area (Å²) in [4.78, 5) is 14.1. The van der Waals surface area contributed by atoms with Crippen molar-refractivity contribution in [1.82, 2.24) is 0 Å². The summed E-state index contributed by atoms with van der Waals surface area (Å²) in [6.07, 6.45) is 2.61. The molecule has 0 atom stereocenters. The highest BCUT2D eigenvalue weighted by atomic mass is 16.7. The second-order valence-corrected chi connectivity index (χ2v) is 5.46. The van der Waals surface area contributed by atoms with E-state index in [-0.39, 0.29) is 5.97 Å². The number of benzene rings is 1. The molecule has 2 aliphatic rings. The van der Waals surface area contributed by atoms with Gasteiger partial charge in [-0.1, -0.05) is 12.1 Å². The van der Waals surface area contributed by atoms with Gasteiger partial charge in [0.15, 0.2) is 5.79 Å². The fourth-order valence-corrected chi connectivity index (χ4v) is 3.03. The van der Waals surface area contributed by atoms with Crippen LogP contribution in [0.25, 0.3) is 0 Å². The molecular weight excluding hydrogens is 270 g/mol. The van der Waals surface area contributed by atoms with E-state index >= 15 is 0 Å². The number of anilines is 1. The van der Waals surface area contributed by atoms with E-state index in [1.54, 1.807) is 6.07 Å². The number of hydrogen-bond acceptors (Lipinski definition) is 5. The molecule has 0 saturated carbocycles. The number of ether oxygens (including phenoxy) is 3. The summed E-state index contributed by atoms with van der Waals surface area (Å²) in [5.74, 6) is -0.703. The third-order valence-electron chi connectivity index (χ3n) is 4.19. The Morgan fingerprint density at radius 2 is 1.86 bits per heavy atom. The molecule has 5 heteroatoms. The molecule has 1 aromatic rings. The lowest BCUT2D eigenvalue weighted by atomic mass is 10.0. The van der Waals surface area contributed by atoms with Gasteiger partial charge in [0.25, 0.3) is 0 Å². The Morgan fingerprint density at radius 3 is 2.52 bits per heavy atom. The fraction of sp³-hybridized carbons (Fsp3) is 0.562. The maximum absolute atomic E-state index is 11.9. The molecule has 3 rings (SSSR count). The molecule has 2 heterocycles. The SMILES string of the molecule is COC(=O)c1ccccc1N1CCC2(CC1)OCCCO2. The van der Waals surface area contributed by atoms with Gasteiger partial charge in [-0.25, -0.2) is 4.79 Å². The van der Waals surface area contributed by atoms with E-state index in [9.17, 15) is 4.79 Å². The number of para-hydroxylation sites is 1. The predicted molar refractivity (Wildman–Crippen MR) is 78.5 cm³/mol. The molecule has 2 aliphatic heterocycles. The molecule has 21 heavy (non-hydrogen) atoms. The summed E-state index contributed by atoms with van der Waals surface area (Å²) >= 11 is 0. The van der Waals surface area contributed by atoms with Crippen LogP contribution in [0.2, 0.25) is 0 Å². The maximum Gasteiger partial charge on any atom is 0.339 e. The molecule has 0 N–H and O–H groups in total. The van der Waals surface area contributed by atoms with Gasteiger partial charge in [-0.15, -0.1) is 0 Å². The van der Waals surface area contributed by atoms with Gasteiger partial charge in [0.2, 0.25) is 0 Å². The molecule has 0 bridgehead atoms. The van der Waals surface area contributed by atoms with Crippen LogP contribution in [0.4, 0.5) is 5.69 Å². The number of piperidine rings is 1. The quantitative estimate of drug-likeness (QED) is 0.782. The van der Waals surface area contributed by atoms with Crippen LogP contribution in [0.5, 0.6) is 0 Å². The van der Waals surface area contributed by atoms with E-state index in [0.29, 0.717) is 5.56 Å². The first-order valence-corrected chi connectivity index (χ1v) is 7.44. The number of carbonyl (C=O) groups excluding carboxylic acids is 1. The van der Waals surface area contributed by atoms with Crippen molar-refractivity contribution in [3.63, 3.8) is 0 Å². The highest BCUT2D eigenvalue weighted by molar-refractivity contribution is 5.95. The average molecular weight is 291 g/mol. The van der Waals surface area contributed by atoms with Crippen LogP contribution in [0.3, 0.4) is 0 Å². The third kappa shape index (κ3) is 2.89. The van der Waals surface area contributed by atoms with Gasteiger partial charge >= 0.3 is 5.97 Å². The van der Waals surface area contributed by atoms with E-state index in [0.717, 1.165) is 51.3 Å². The summed E-state index contributed by atoms with van der Waals surface area (Å²) in [6.45, 7) is 3.18. The molecule has 0 aliphatic carbocycles. The number of methoxy groups -OCH3 is 1. The Kier molecular flexibility index (Phi) is 4.12. The summed E-state index contributed by atoms with van der Waals surface area (Å²) in [7, 11) is 1.41. The topological polar surface area (TPSA) is 48.0 Å². The minimum atomic E-state index is -0.408. The van der Waals surface area contributed by atoms with Crippen LogP contribution < -0.4 is 4.90 Å². The highest BCUT2D eigenvalue weighted by Crippen LogP contribution is 2.33. The molecular formula is C16H21NO4. The third-order valence-corrected chi connectivity index (χ3v) is 4.19. The van der Waals surface area contributed by atoms with Crippen LogP contribution in [0.1, 0.15) is 29.6 Å².